The molecule has 0 unspecified atom stereocenters. The predicted octanol–water partition coefficient (Wildman–Crippen LogP) is 0.486. The van der Waals surface area contributed by atoms with Gasteiger partial charge in [0.05, 0.1) is 23.6 Å². The van der Waals surface area contributed by atoms with Crippen LogP contribution in [0.2, 0.25) is 0 Å². The minimum Gasteiger partial charge on any atom is -0.528 e. The number of hydrogen-bond acceptors (Lipinski definition) is 10. The smallest absolute Gasteiger partial charge is 0.528 e. The van der Waals surface area contributed by atoms with Crippen LogP contribution in [0.25, 0.3) is 0 Å². The molecule has 37 heavy (non-hydrogen) atoms. The maximum atomic E-state index is 12.6. The van der Waals surface area contributed by atoms with Gasteiger partial charge in [-0.05, 0) is 24.3 Å². The summed E-state index contributed by atoms with van der Waals surface area (Å²) in [5.41, 5.74) is -0.352. The van der Waals surface area contributed by atoms with Gasteiger partial charge in [-0.15, -0.1) is 0 Å². The maximum absolute atomic E-state index is 12.6. The third-order valence-electron chi connectivity index (χ3n) is 4.07. The van der Waals surface area contributed by atoms with Gasteiger partial charge in [-0.2, -0.15) is 0 Å². The molecule has 0 atom stereocenters. The van der Waals surface area contributed by atoms with Gasteiger partial charge in [0.1, 0.15) is 49.6 Å². The zero-order valence-electron chi connectivity index (χ0n) is 19.7. The lowest BCUT2D eigenvalue weighted by molar-refractivity contribution is 0.0968. The quantitative estimate of drug-likeness (QED) is 0.309. The fourth-order valence-electron chi connectivity index (χ4n) is 2.71. The van der Waals surface area contributed by atoms with Gasteiger partial charge in [-0.25, -0.2) is 35.1 Å². The van der Waals surface area contributed by atoms with Crippen molar-refractivity contribution in [2.45, 2.75) is 0 Å². The van der Waals surface area contributed by atoms with Gasteiger partial charge in [-0.3, -0.25) is 9.59 Å². The summed E-state index contributed by atoms with van der Waals surface area (Å²) < 4.78 is 95.3. The van der Waals surface area contributed by atoms with Crippen molar-refractivity contribution in [1.29, 1.82) is 0 Å². The summed E-state index contributed by atoms with van der Waals surface area (Å²) in [5.74, 6) is -2.02. The van der Waals surface area contributed by atoms with Crippen molar-refractivity contribution in [3.63, 3.8) is 0 Å². The normalized spacial score (nSPS) is 11.2. The Hall–Kier alpha value is -3.60. The van der Waals surface area contributed by atoms with Crippen LogP contribution in [0.15, 0.2) is 36.4 Å². The molecule has 2 aromatic rings. The highest BCUT2D eigenvalue weighted by Gasteiger charge is 2.19. The molecule has 202 valence electrons. The van der Waals surface area contributed by atoms with E-state index in [4.69, 9.17) is 18.8 Å². The number of ether oxygens (including phenoxy) is 2. The largest absolute Gasteiger partial charge is 0.576 e. The Morgan fingerprint density at radius 2 is 1.14 bits per heavy atom. The number of rotatable bonds is 14. The SMILES string of the molecule is CS(=O)(=O)NC(=O)c1ccc(OBOc2ccc(C(=O)NS(C)(=O)=O)c(OCCF)c2)cc1OCCF. The van der Waals surface area contributed by atoms with Crippen LogP contribution in [0.3, 0.4) is 0 Å². The maximum Gasteiger partial charge on any atom is 0.576 e. The molecule has 0 saturated carbocycles. The average molecular weight is 564 g/mol. The molecule has 0 aromatic heterocycles. The first kappa shape index (κ1) is 29.6. The molecule has 2 rings (SSSR count). The molecule has 17 heteroatoms. The van der Waals surface area contributed by atoms with Crippen LogP contribution in [0.4, 0.5) is 8.78 Å². The zero-order chi connectivity index (χ0) is 27.6. The number of sulfonamides is 2. The lowest BCUT2D eigenvalue weighted by atomic mass is 10.1. The molecule has 0 bridgehead atoms. The van der Waals surface area contributed by atoms with E-state index in [1.807, 2.05) is 0 Å². The molecule has 0 aliphatic rings. The lowest BCUT2D eigenvalue weighted by Gasteiger charge is -2.14. The Balaban J connectivity index is 2.16. The summed E-state index contributed by atoms with van der Waals surface area (Å²) in [5, 5.41) is 0. The van der Waals surface area contributed by atoms with Crippen LogP contribution in [-0.4, -0.2) is 75.4 Å². The van der Waals surface area contributed by atoms with Crippen LogP contribution in [-0.2, 0) is 20.0 Å². The van der Waals surface area contributed by atoms with E-state index in [0.29, 0.717) is 0 Å². The lowest BCUT2D eigenvalue weighted by Crippen LogP contribution is -2.29. The number of halogens is 2. The first-order valence-corrected chi connectivity index (χ1v) is 14.1. The molecular formula is C20H23BF2N2O10S2. The second-order valence-corrected chi connectivity index (χ2v) is 10.7. The molecule has 0 aliphatic heterocycles. The van der Waals surface area contributed by atoms with E-state index in [0.717, 1.165) is 12.5 Å². The molecule has 0 aliphatic carbocycles. The fraction of sp³-hybridized carbons (Fsp3) is 0.300. The van der Waals surface area contributed by atoms with Gasteiger partial charge in [0, 0.05) is 12.1 Å². The topological polar surface area (TPSA) is 163 Å². The Morgan fingerprint density at radius 1 is 0.757 bits per heavy atom. The third kappa shape index (κ3) is 10.1. The highest BCUT2D eigenvalue weighted by atomic mass is 32.2. The van der Waals surface area contributed by atoms with Crippen LogP contribution in [0.5, 0.6) is 23.0 Å². The van der Waals surface area contributed by atoms with Crippen LogP contribution in [0, 0.1) is 0 Å². The number of amides is 2. The molecule has 0 spiro atoms. The second-order valence-electron chi connectivity index (χ2n) is 7.20. The number of hydrogen-bond donors (Lipinski definition) is 2. The highest BCUT2D eigenvalue weighted by molar-refractivity contribution is 7.89. The van der Waals surface area contributed by atoms with Crippen LogP contribution >= 0.6 is 0 Å². The Kier molecular flexibility index (Phi) is 10.5. The summed E-state index contributed by atoms with van der Waals surface area (Å²) in [6, 6.07) is 7.51. The van der Waals surface area contributed by atoms with Crippen molar-refractivity contribution < 1.29 is 54.0 Å². The zero-order valence-corrected chi connectivity index (χ0v) is 21.3. The van der Waals surface area contributed by atoms with Crippen molar-refractivity contribution in [1.82, 2.24) is 9.44 Å². The fourth-order valence-corrected chi connectivity index (χ4v) is 3.60. The van der Waals surface area contributed by atoms with Crippen LogP contribution < -0.4 is 28.2 Å². The van der Waals surface area contributed by atoms with Crippen molar-refractivity contribution in [2.24, 2.45) is 0 Å². The Bertz CT molecular complexity index is 1240. The van der Waals surface area contributed by atoms with Crippen LogP contribution in [0.1, 0.15) is 20.7 Å². The first-order chi connectivity index (χ1) is 17.3. The second kappa shape index (κ2) is 13.1. The van der Waals surface area contributed by atoms with E-state index >= 15 is 0 Å². The van der Waals surface area contributed by atoms with E-state index in [1.165, 1.54) is 36.4 Å². The number of nitrogens with one attached hydrogen (secondary N) is 2. The number of benzene rings is 2. The molecular weight excluding hydrogens is 541 g/mol. The van der Waals surface area contributed by atoms with E-state index in [2.05, 4.69) is 0 Å². The first-order valence-electron chi connectivity index (χ1n) is 10.3. The summed E-state index contributed by atoms with van der Waals surface area (Å²) in [4.78, 5) is 24.4. The van der Waals surface area contributed by atoms with Crippen molar-refractivity contribution in [3.8, 4) is 23.0 Å². The van der Waals surface area contributed by atoms with Gasteiger partial charge in [0.15, 0.2) is 0 Å². The Labute approximate surface area is 212 Å². The van der Waals surface area contributed by atoms with Gasteiger partial charge < -0.3 is 18.8 Å². The molecule has 2 aromatic carbocycles. The average Bonchev–Trinajstić information content (AvgIpc) is 2.79. The summed E-state index contributed by atoms with van der Waals surface area (Å²) in [7, 11) is -8.14. The molecule has 0 fully saturated rings. The molecule has 0 saturated heterocycles. The molecule has 0 heterocycles. The standard InChI is InChI=1S/C20H23BF2N2O10S2/c1-36(28,29)24-19(26)15-5-3-13(11-17(15)32-9-7-22)34-21-35-14-4-6-16(18(12-14)33-10-8-23)20(27)25-37(2,30)31/h3-6,11-12,21H,7-10H2,1-2H3,(H,24,26)(H,25,27). The monoisotopic (exact) mass is 564 g/mol. The summed E-state index contributed by atoms with van der Waals surface area (Å²) in [6.07, 6.45) is 1.58. The van der Waals surface area contributed by atoms with Crippen molar-refractivity contribution in [3.05, 3.63) is 47.5 Å². The van der Waals surface area contributed by atoms with Gasteiger partial charge in [0.25, 0.3) is 11.8 Å². The highest BCUT2D eigenvalue weighted by Crippen LogP contribution is 2.27. The van der Waals surface area contributed by atoms with E-state index in [-0.39, 0.29) is 34.1 Å². The molecule has 12 nitrogen and oxygen atoms in total. The van der Waals surface area contributed by atoms with Gasteiger partial charge in [0.2, 0.25) is 20.0 Å². The van der Waals surface area contributed by atoms with E-state index < -0.39 is 66.1 Å². The third-order valence-corrected chi connectivity index (χ3v) is 5.18. The molecule has 2 N–H and O–H groups in total. The molecule has 0 radical (unpaired) electrons. The minimum atomic E-state index is -3.86. The van der Waals surface area contributed by atoms with Gasteiger partial charge >= 0.3 is 7.69 Å². The number of alkyl halides is 2. The summed E-state index contributed by atoms with van der Waals surface area (Å²) in [6.45, 7) is -2.54. The predicted molar refractivity (Wildman–Crippen MR) is 129 cm³/mol. The van der Waals surface area contributed by atoms with Crippen molar-refractivity contribution >= 4 is 39.5 Å². The number of carbonyl (C=O) groups excluding carboxylic acids is 2. The summed E-state index contributed by atoms with van der Waals surface area (Å²) >= 11 is 0. The molecule has 2 amide bonds. The van der Waals surface area contributed by atoms with Crippen molar-refractivity contribution in [2.75, 3.05) is 39.1 Å². The minimum absolute atomic E-state index is 0.114. The number of carbonyl (C=O) groups is 2. The Morgan fingerprint density at radius 3 is 1.46 bits per heavy atom. The van der Waals surface area contributed by atoms with E-state index in [1.54, 1.807) is 9.44 Å². The van der Waals surface area contributed by atoms with Gasteiger partial charge in [-0.1, -0.05) is 0 Å². The van der Waals surface area contributed by atoms with E-state index in [9.17, 15) is 35.2 Å².